The third-order valence-corrected chi connectivity index (χ3v) is 4.95. The van der Waals surface area contributed by atoms with Crippen LogP contribution in [0.15, 0.2) is 30.3 Å². The van der Waals surface area contributed by atoms with Gasteiger partial charge in [-0.25, -0.2) is 13.2 Å². The molecule has 1 aliphatic heterocycles. The maximum atomic E-state index is 14.6. The second-order valence-electron chi connectivity index (χ2n) is 6.60. The molecular weight excluding hydrogens is 329 g/mol. The number of halogens is 3. The molecule has 1 aliphatic carbocycles. The quantitative estimate of drug-likeness (QED) is 0.893. The number of carbonyl (C=O) groups is 1. The lowest BCUT2D eigenvalue weighted by molar-refractivity contribution is -0.117. The van der Waals surface area contributed by atoms with Gasteiger partial charge in [0, 0.05) is 12.5 Å². The molecule has 1 heterocycles. The maximum Gasteiger partial charge on any atom is 0.228 e. The first-order valence-corrected chi connectivity index (χ1v) is 8.31. The Bertz CT molecular complexity index is 853. The number of anilines is 1. The number of benzene rings is 2. The highest BCUT2D eigenvalue weighted by Crippen LogP contribution is 2.49. The van der Waals surface area contributed by atoms with Crippen LogP contribution in [0.25, 0.3) is 0 Å². The van der Waals surface area contributed by atoms with Crippen molar-refractivity contribution in [2.75, 3.05) is 11.9 Å². The first-order valence-electron chi connectivity index (χ1n) is 8.31. The highest BCUT2D eigenvalue weighted by atomic mass is 19.1. The standard InChI is InChI=1S/C19H17F3N2O/c20-11-2-3-16(21)14(7-11)13-8-15(13)19(25)24-17-4-1-10-9-23-6-5-12(10)18(17)22/h1-4,7,13,15,23H,5-6,8-9H2,(H,24,25). The molecule has 130 valence electrons. The number of carbonyl (C=O) groups excluding carboxylic acids is 1. The molecule has 2 N–H and O–H groups in total. The Morgan fingerprint density at radius 3 is 2.84 bits per heavy atom. The summed E-state index contributed by atoms with van der Waals surface area (Å²) in [5.74, 6) is -2.64. The van der Waals surface area contributed by atoms with Crippen LogP contribution in [0.1, 0.15) is 29.0 Å². The van der Waals surface area contributed by atoms with Gasteiger partial charge in [-0.15, -0.1) is 0 Å². The maximum absolute atomic E-state index is 14.6. The van der Waals surface area contributed by atoms with Gasteiger partial charge in [-0.3, -0.25) is 4.79 Å². The summed E-state index contributed by atoms with van der Waals surface area (Å²) in [7, 11) is 0. The number of fused-ring (bicyclic) bond motifs is 1. The molecule has 2 atom stereocenters. The number of nitrogens with one attached hydrogen (secondary N) is 2. The van der Waals surface area contributed by atoms with Crippen LogP contribution in [-0.4, -0.2) is 12.5 Å². The van der Waals surface area contributed by atoms with Crippen molar-refractivity contribution in [3.8, 4) is 0 Å². The fourth-order valence-corrected chi connectivity index (χ4v) is 3.48. The molecule has 1 fully saturated rings. The molecule has 2 aromatic carbocycles. The van der Waals surface area contributed by atoms with Crippen molar-refractivity contribution in [3.63, 3.8) is 0 Å². The lowest BCUT2D eigenvalue weighted by atomic mass is 9.99. The third-order valence-electron chi connectivity index (χ3n) is 4.95. The summed E-state index contributed by atoms with van der Waals surface area (Å²) in [5, 5.41) is 5.78. The van der Waals surface area contributed by atoms with Gasteiger partial charge in [0.05, 0.1) is 5.69 Å². The fourth-order valence-electron chi connectivity index (χ4n) is 3.48. The van der Waals surface area contributed by atoms with E-state index in [-0.39, 0.29) is 23.1 Å². The number of amides is 1. The SMILES string of the molecule is O=C(Nc1ccc2c(c1F)CCNC2)C1CC1c1cc(F)ccc1F. The number of hydrogen-bond donors (Lipinski definition) is 2. The van der Waals surface area contributed by atoms with Gasteiger partial charge in [-0.1, -0.05) is 6.07 Å². The summed E-state index contributed by atoms with van der Waals surface area (Å²) in [5.41, 5.74) is 1.88. The van der Waals surface area contributed by atoms with Crippen molar-refractivity contribution < 1.29 is 18.0 Å². The Morgan fingerprint density at radius 1 is 1.16 bits per heavy atom. The zero-order chi connectivity index (χ0) is 17.6. The van der Waals surface area contributed by atoms with E-state index in [0.717, 1.165) is 23.8 Å². The summed E-state index contributed by atoms with van der Waals surface area (Å²) >= 11 is 0. The van der Waals surface area contributed by atoms with Gasteiger partial charge in [-0.2, -0.15) is 0 Å². The Morgan fingerprint density at radius 2 is 2.00 bits per heavy atom. The molecule has 0 bridgehead atoms. The predicted octanol–water partition coefficient (Wildman–Crippen LogP) is 3.49. The summed E-state index contributed by atoms with van der Waals surface area (Å²) in [4.78, 5) is 12.4. The van der Waals surface area contributed by atoms with Crippen molar-refractivity contribution >= 4 is 11.6 Å². The van der Waals surface area contributed by atoms with Crippen molar-refractivity contribution in [2.24, 2.45) is 5.92 Å². The molecule has 1 saturated carbocycles. The van der Waals surface area contributed by atoms with E-state index in [1.807, 2.05) is 0 Å². The van der Waals surface area contributed by atoms with Crippen LogP contribution in [0, 0.1) is 23.4 Å². The van der Waals surface area contributed by atoms with Crippen LogP contribution >= 0.6 is 0 Å². The topological polar surface area (TPSA) is 41.1 Å². The van der Waals surface area contributed by atoms with Gasteiger partial charge in [0.2, 0.25) is 5.91 Å². The number of hydrogen-bond acceptors (Lipinski definition) is 2. The van der Waals surface area contributed by atoms with Gasteiger partial charge < -0.3 is 10.6 Å². The lowest BCUT2D eigenvalue weighted by Gasteiger charge is -2.19. The predicted molar refractivity (Wildman–Crippen MR) is 87.6 cm³/mol. The van der Waals surface area contributed by atoms with E-state index in [0.29, 0.717) is 31.5 Å². The molecule has 4 rings (SSSR count). The van der Waals surface area contributed by atoms with Crippen molar-refractivity contribution in [1.29, 1.82) is 0 Å². The van der Waals surface area contributed by atoms with E-state index >= 15 is 0 Å². The molecule has 0 saturated heterocycles. The Balaban J connectivity index is 1.49. The molecule has 25 heavy (non-hydrogen) atoms. The minimum absolute atomic E-state index is 0.149. The van der Waals surface area contributed by atoms with E-state index in [1.165, 1.54) is 0 Å². The minimum Gasteiger partial charge on any atom is -0.323 e. The number of rotatable bonds is 3. The third kappa shape index (κ3) is 3.02. The molecular formula is C19H17F3N2O. The second kappa shape index (κ2) is 6.19. The molecule has 2 aromatic rings. The van der Waals surface area contributed by atoms with Gasteiger partial charge in [0.15, 0.2) is 0 Å². The first kappa shape index (κ1) is 16.1. The van der Waals surface area contributed by atoms with Gasteiger partial charge in [0.1, 0.15) is 17.5 Å². The second-order valence-corrected chi connectivity index (χ2v) is 6.60. The lowest BCUT2D eigenvalue weighted by Crippen LogP contribution is -2.25. The molecule has 3 nitrogen and oxygen atoms in total. The molecule has 6 heteroatoms. The molecule has 0 spiro atoms. The van der Waals surface area contributed by atoms with Gasteiger partial charge >= 0.3 is 0 Å². The Labute approximate surface area is 143 Å². The molecule has 0 aromatic heterocycles. The van der Waals surface area contributed by atoms with Crippen LogP contribution < -0.4 is 10.6 Å². The summed E-state index contributed by atoms with van der Waals surface area (Å²) in [6.45, 7) is 1.31. The van der Waals surface area contributed by atoms with Crippen LogP contribution in [0.3, 0.4) is 0 Å². The van der Waals surface area contributed by atoms with Crippen molar-refractivity contribution in [1.82, 2.24) is 5.32 Å². The average molecular weight is 346 g/mol. The monoisotopic (exact) mass is 346 g/mol. The fraction of sp³-hybridized carbons (Fsp3) is 0.316. The van der Waals surface area contributed by atoms with Crippen LogP contribution in [0.2, 0.25) is 0 Å². The summed E-state index contributed by atoms with van der Waals surface area (Å²) in [6, 6.07) is 6.60. The smallest absolute Gasteiger partial charge is 0.228 e. The molecule has 1 amide bonds. The average Bonchev–Trinajstić information content (AvgIpc) is 3.40. The van der Waals surface area contributed by atoms with E-state index in [2.05, 4.69) is 10.6 Å². The molecule has 2 aliphatic rings. The molecule has 0 radical (unpaired) electrons. The van der Waals surface area contributed by atoms with E-state index in [4.69, 9.17) is 0 Å². The van der Waals surface area contributed by atoms with E-state index in [9.17, 15) is 18.0 Å². The van der Waals surface area contributed by atoms with E-state index < -0.39 is 23.4 Å². The summed E-state index contributed by atoms with van der Waals surface area (Å²) < 4.78 is 41.7. The van der Waals surface area contributed by atoms with Crippen molar-refractivity contribution in [2.45, 2.75) is 25.3 Å². The van der Waals surface area contributed by atoms with Gasteiger partial charge in [0.25, 0.3) is 0 Å². The van der Waals surface area contributed by atoms with Crippen molar-refractivity contribution in [3.05, 3.63) is 64.5 Å². The highest BCUT2D eigenvalue weighted by molar-refractivity contribution is 5.95. The summed E-state index contributed by atoms with van der Waals surface area (Å²) in [6.07, 6.45) is 1.01. The van der Waals surface area contributed by atoms with Crippen LogP contribution in [-0.2, 0) is 17.8 Å². The van der Waals surface area contributed by atoms with Crippen LogP contribution in [0.4, 0.5) is 18.9 Å². The van der Waals surface area contributed by atoms with E-state index in [1.54, 1.807) is 12.1 Å². The normalized spacial score (nSPS) is 21.6. The Kier molecular flexibility index (Phi) is 4.00. The van der Waals surface area contributed by atoms with Gasteiger partial charge in [-0.05, 0) is 66.3 Å². The zero-order valence-electron chi connectivity index (χ0n) is 13.4. The largest absolute Gasteiger partial charge is 0.323 e. The molecule has 2 unspecified atom stereocenters. The zero-order valence-corrected chi connectivity index (χ0v) is 13.4. The first-order chi connectivity index (χ1) is 12.0. The Hall–Kier alpha value is -2.34. The minimum atomic E-state index is -0.531. The highest BCUT2D eigenvalue weighted by Gasteiger charge is 2.45. The van der Waals surface area contributed by atoms with Crippen LogP contribution in [0.5, 0.6) is 0 Å².